The van der Waals surface area contributed by atoms with Gasteiger partial charge in [-0.1, -0.05) is 81.4 Å². The number of ether oxygens (including phenoxy) is 2. The van der Waals surface area contributed by atoms with Gasteiger partial charge >= 0.3 is 0 Å². The standard InChI is InChI=1S/C24H30O4Si/c1-23(2,3)29(17-12-8-6-9-13-17,18-14-10-7-11-15-18)26-16-19-20(25)22-21(19)27-24(4,5)28-22/h6-15,19,21-22H,16H2,1-5H3/t19-,21?,22-/m1/s1. The average molecular weight is 411 g/mol. The van der Waals surface area contributed by atoms with Crippen molar-refractivity contribution in [3.63, 3.8) is 0 Å². The molecule has 0 radical (unpaired) electrons. The van der Waals surface area contributed by atoms with Crippen molar-refractivity contribution in [2.45, 2.75) is 57.7 Å². The number of fused-ring (bicyclic) bond motifs is 1. The molecule has 1 saturated heterocycles. The molecule has 0 spiro atoms. The van der Waals surface area contributed by atoms with Gasteiger partial charge in [0.25, 0.3) is 8.32 Å². The maximum atomic E-state index is 12.7. The van der Waals surface area contributed by atoms with Gasteiger partial charge in [0.15, 0.2) is 11.6 Å². The van der Waals surface area contributed by atoms with Gasteiger partial charge in [-0.15, -0.1) is 0 Å². The lowest BCUT2D eigenvalue weighted by molar-refractivity contribution is -0.150. The maximum Gasteiger partial charge on any atom is 0.261 e. The molecule has 2 aromatic carbocycles. The number of carbonyl (C=O) groups is 1. The van der Waals surface area contributed by atoms with E-state index in [1.165, 1.54) is 10.4 Å². The Bertz CT molecular complexity index is 833. The quantitative estimate of drug-likeness (QED) is 0.710. The Kier molecular flexibility index (Phi) is 5.06. The Hall–Kier alpha value is -1.79. The van der Waals surface area contributed by atoms with Crippen molar-refractivity contribution in [1.29, 1.82) is 0 Å². The molecular formula is C24H30O4Si. The van der Waals surface area contributed by atoms with Gasteiger partial charge in [0.1, 0.15) is 12.2 Å². The Balaban J connectivity index is 1.69. The van der Waals surface area contributed by atoms with E-state index < -0.39 is 20.2 Å². The second-order valence-corrected chi connectivity index (χ2v) is 13.8. The van der Waals surface area contributed by atoms with E-state index in [0.717, 1.165) is 0 Å². The third-order valence-corrected chi connectivity index (χ3v) is 11.1. The highest BCUT2D eigenvalue weighted by molar-refractivity contribution is 6.99. The molecule has 5 heteroatoms. The van der Waals surface area contributed by atoms with Crippen LogP contribution in [0.5, 0.6) is 0 Å². The summed E-state index contributed by atoms with van der Waals surface area (Å²) in [4.78, 5) is 12.7. The lowest BCUT2D eigenvalue weighted by Crippen LogP contribution is -2.68. The highest BCUT2D eigenvalue weighted by Gasteiger charge is 2.61. The van der Waals surface area contributed by atoms with Gasteiger partial charge in [0.05, 0.1) is 5.92 Å². The molecule has 1 unspecified atom stereocenters. The van der Waals surface area contributed by atoms with E-state index in [-0.39, 0.29) is 22.8 Å². The van der Waals surface area contributed by atoms with Crippen LogP contribution >= 0.6 is 0 Å². The van der Waals surface area contributed by atoms with Crippen LogP contribution in [0.4, 0.5) is 0 Å². The summed E-state index contributed by atoms with van der Waals surface area (Å²) in [6, 6.07) is 21.0. The highest BCUT2D eigenvalue weighted by Crippen LogP contribution is 2.43. The first kappa shape index (κ1) is 20.5. The van der Waals surface area contributed by atoms with Crippen molar-refractivity contribution in [3.05, 3.63) is 60.7 Å². The Labute approximate surface area is 174 Å². The molecule has 0 amide bonds. The van der Waals surface area contributed by atoms with Crippen molar-refractivity contribution in [3.8, 4) is 0 Å². The molecule has 2 aliphatic rings. The van der Waals surface area contributed by atoms with Gasteiger partial charge in [-0.05, 0) is 29.3 Å². The molecule has 0 bridgehead atoms. The van der Waals surface area contributed by atoms with E-state index in [1.807, 2.05) is 26.0 Å². The molecule has 3 atom stereocenters. The molecule has 2 aromatic rings. The van der Waals surface area contributed by atoms with Crippen LogP contribution < -0.4 is 10.4 Å². The summed E-state index contributed by atoms with van der Waals surface area (Å²) in [5.74, 6) is -0.890. The van der Waals surface area contributed by atoms with E-state index in [4.69, 9.17) is 13.9 Å². The Morgan fingerprint density at radius 3 is 1.93 bits per heavy atom. The fourth-order valence-electron chi connectivity index (χ4n) is 4.71. The zero-order valence-corrected chi connectivity index (χ0v) is 18.8. The third-order valence-electron chi connectivity index (χ3n) is 6.07. The van der Waals surface area contributed by atoms with Gasteiger partial charge in [-0.2, -0.15) is 0 Å². The number of ketones is 1. The van der Waals surface area contributed by atoms with Crippen LogP contribution in [0.1, 0.15) is 34.6 Å². The zero-order valence-electron chi connectivity index (χ0n) is 17.8. The predicted octanol–water partition coefficient (Wildman–Crippen LogP) is 3.28. The summed E-state index contributed by atoms with van der Waals surface area (Å²) in [6.07, 6.45) is -0.659. The molecule has 29 heavy (non-hydrogen) atoms. The SMILES string of the molecule is CC1(C)OC2[C@H](CO[Si](c3ccccc3)(c3ccccc3)C(C)(C)C)C(=O)[C@H]2O1. The van der Waals surface area contributed by atoms with Crippen LogP contribution in [0.3, 0.4) is 0 Å². The fourth-order valence-corrected chi connectivity index (χ4v) is 9.30. The molecule has 0 aromatic heterocycles. The smallest absolute Gasteiger partial charge is 0.261 e. The molecule has 4 nitrogen and oxygen atoms in total. The van der Waals surface area contributed by atoms with Gasteiger partial charge in [-0.3, -0.25) is 4.79 Å². The van der Waals surface area contributed by atoms with Crippen LogP contribution in [-0.2, 0) is 18.7 Å². The van der Waals surface area contributed by atoms with Crippen LogP contribution in [0, 0.1) is 5.92 Å². The van der Waals surface area contributed by atoms with E-state index in [9.17, 15) is 4.79 Å². The normalized spacial score (nSPS) is 26.1. The monoisotopic (exact) mass is 410 g/mol. The van der Waals surface area contributed by atoms with Crippen LogP contribution in [0.25, 0.3) is 0 Å². The minimum atomic E-state index is -2.65. The molecule has 1 aliphatic heterocycles. The van der Waals surface area contributed by atoms with Crippen molar-refractivity contribution in [2.24, 2.45) is 5.92 Å². The molecule has 1 aliphatic carbocycles. The Morgan fingerprint density at radius 1 is 0.931 bits per heavy atom. The highest BCUT2D eigenvalue weighted by atomic mass is 28.4. The van der Waals surface area contributed by atoms with Crippen molar-refractivity contribution in [1.82, 2.24) is 0 Å². The average Bonchev–Trinajstić information content (AvgIpc) is 2.97. The number of rotatable bonds is 5. The minimum absolute atomic E-state index is 0.0958. The van der Waals surface area contributed by atoms with Gasteiger partial charge < -0.3 is 13.9 Å². The van der Waals surface area contributed by atoms with E-state index in [1.54, 1.807) is 0 Å². The molecule has 4 rings (SSSR count). The minimum Gasteiger partial charge on any atom is -0.407 e. The molecule has 154 valence electrons. The zero-order chi connectivity index (χ0) is 20.9. The molecule has 1 saturated carbocycles. The largest absolute Gasteiger partial charge is 0.407 e. The molecule has 2 fully saturated rings. The molecular weight excluding hydrogens is 380 g/mol. The van der Waals surface area contributed by atoms with Gasteiger partial charge in [-0.25, -0.2) is 0 Å². The van der Waals surface area contributed by atoms with E-state index in [2.05, 4.69) is 69.3 Å². The third kappa shape index (κ3) is 3.40. The van der Waals surface area contributed by atoms with E-state index in [0.29, 0.717) is 6.61 Å². The summed E-state index contributed by atoms with van der Waals surface area (Å²) in [6.45, 7) is 10.8. The first-order chi connectivity index (χ1) is 13.7. The topological polar surface area (TPSA) is 44.8 Å². The molecule has 0 N–H and O–H groups in total. The Morgan fingerprint density at radius 2 is 1.45 bits per heavy atom. The van der Waals surface area contributed by atoms with Crippen LogP contribution in [-0.4, -0.2) is 38.7 Å². The number of benzene rings is 2. The van der Waals surface area contributed by atoms with Crippen molar-refractivity contribution in [2.75, 3.05) is 6.61 Å². The number of Topliss-reactive ketones (excluding diaryl/α,β-unsaturated/α-hetero) is 1. The van der Waals surface area contributed by atoms with E-state index >= 15 is 0 Å². The van der Waals surface area contributed by atoms with Crippen molar-refractivity contribution >= 4 is 24.5 Å². The predicted molar refractivity (Wildman–Crippen MR) is 116 cm³/mol. The second kappa shape index (κ2) is 7.17. The lowest BCUT2D eigenvalue weighted by atomic mass is 9.78. The number of hydrogen-bond acceptors (Lipinski definition) is 4. The number of carbonyl (C=O) groups excluding carboxylic acids is 1. The number of hydrogen-bond donors (Lipinski definition) is 0. The first-order valence-electron chi connectivity index (χ1n) is 10.3. The first-order valence-corrected chi connectivity index (χ1v) is 12.2. The van der Waals surface area contributed by atoms with Crippen LogP contribution in [0.2, 0.25) is 5.04 Å². The summed E-state index contributed by atoms with van der Waals surface area (Å²) < 4.78 is 18.6. The maximum absolute atomic E-state index is 12.7. The van der Waals surface area contributed by atoms with Gasteiger partial charge in [0, 0.05) is 6.61 Å². The lowest BCUT2D eigenvalue weighted by Gasteiger charge is -2.45. The second-order valence-electron chi connectivity index (χ2n) is 9.50. The van der Waals surface area contributed by atoms with Gasteiger partial charge in [0.2, 0.25) is 0 Å². The fraction of sp³-hybridized carbons (Fsp3) is 0.458. The summed E-state index contributed by atoms with van der Waals surface area (Å²) in [5.41, 5.74) is 0. The molecule has 1 heterocycles. The summed E-state index contributed by atoms with van der Waals surface area (Å²) >= 11 is 0. The summed E-state index contributed by atoms with van der Waals surface area (Å²) in [5, 5.41) is 2.31. The van der Waals surface area contributed by atoms with Crippen molar-refractivity contribution < 1.29 is 18.7 Å². The van der Waals surface area contributed by atoms with Crippen LogP contribution in [0.15, 0.2) is 60.7 Å². The summed E-state index contributed by atoms with van der Waals surface area (Å²) in [7, 11) is -2.65.